The highest BCUT2D eigenvalue weighted by Gasteiger charge is 2.19. The first-order valence-electron chi connectivity index (χ1n) is 21.8. The molecule has 0 bridgehead atoms. The first-order valence-corrected chi connectivity index (χ1v) is 20.2. The normalized spacial score (nSPS) is 13.3. The molecule has 0 radical (unpaired) electrons. The van der Waals surface area contributed by atoms with Crippen LogP contribution in [0.2, 0.25) is 0 Å². The molecule has 0 spiro atoms. The van der Waals surface area contributed by atoms with Crippen LogP contribution in [-0.4, -0.2) is 9.13 Å². The lowest BCUT2D eigenvalue weighted by atomic mass is 9.99. The minimum Gasteiger partial charge on any atom is -0.456 e. The van der Waals surface area contributed by atoms with Gasteiger partial charge in [0.05, 0.1) is 39.3 Å². The summed E-state index contributed by atoms with van der Waals surface area (Å²) < 4.78 is 55.9. The molecule has 9 aromatic carbocycles. The Hall–Kier alpha value is -7.40. The number of rotatable bonds is 4. The van der Waals surface area contributed by atoms with Gasteiger partial charge in [0.25, 0.3) is 0 Å². The molecular weight excluding hydrogens is 725 g/mol. The lowest BCUT2D eigenvalue weighted by molar-refractivity contribution is 0.668. The molecule has 0 aliphatic carbocycles. The largest absolute Gasteiger partial charge is 0.456 e. The lowest BCUT2D eigenvalue weighted by Gasteiger charge is -2.10. The van der Waals surface area contributed by atoms with E-state index >= 15 is 0 Å². The van der Waals surface area contributed by atoms with Gasteiger partial charge >= 0.3 is 0 Å². The Labute approximate surface area is 343 Å². The first-order chi connectivity index (χ1) is 30.8. The van der Waals surface area contributed by atoms with Crippen LogP contribution in [0.15, 0.2) is 198 Å². The zero-order valence-electron chi connectivity index (χ0n) is 35.8. The smallest absolute Gasteiger partial charge is 0.137 e. The van der Waals surface area contributed by atoms with E-state index in [9.17, 15) is 0 Å². The Bertz CT molecular complexity index is 4090. The molecule has 0 N–H and O–H groups in total. The maximum Gasteiger partial charge on any atom is 0.137 e. The van der Waals surface area contributed by atoms with Crippen LogP contribution in [0.1, 0.15) is 6.85 Å². The Balaban J connectivity index is 0.956. The van der Waals surface area contributed by atoms with Crippen LogP contribution in [0.4, 0.5) is 0 Å². The fourth-order valence-electron chi connectivity index (χ4n) is 9.30. The van der Waals surface area contributed by atoms with E-state index in [0.29, 0.717) is 22.1 Å². The monoisotopic (exact) mass is 761 g/mol. The zero-order valence-corrected chi connectivity index (χ0v) is 31.6. The van der Waals surface area contributed by atoms with Gasteiger partial charge in [-0.3, -0.25) is 0 Å². The number of hydrogen-bond donors (Lipinski definition) is 0. The van der Waals surface area contributed by atoms with Crippen molar-refractivity contribution in [2.75, 3.05) is 0 Å². The fourth-order valence-corrected chi connectivity index (χ4v) is 10.5. The minimum atomic E-state index is -0.414. The number of furan rings is 1. The van der Waals surface area contributed by atoms with Crippen LogP contribution in [-0.2, 0) is 0 Å². The number of hydrogen-bond acceptors (Lipinski definition) is 2. The van der Waals surface area contributed by atoms with E-state index in [0.717, 1.165) is 44.0 Å². The van der Waals surface area contributed by atoms with Crippen LogP contribution in [0.5, 0.6) is 0 Å². The summed E-state index contributed by atoms with van der Waals surface area (Å²) in [7, 11) is 0. The van der Waals surface area contributed by atoms with Gasteiger partial charge < -0.3 is 13.6 Å². The van der Waals surface area contributed by atoms with Gasteiger partial charge in [-0.25, -0.2) is 0 Å². The maximum atomic E-state index is 8.70. The number of fused-ring (bicyclic) bond motifs is 12. The predicted molar refractivity (Wildman–Crippen MR) is 246 cm³/mol. The van der Waals surface area contributed by atoms with E-state index in [1.807, 2.05) is 29.5 Å². The van der Waals surface area contributed by atoms with Crippen LogP contribution >= 0.6 is 11.3 Å². The van der Waals surface area contributed by atoms with Crippen LogP contribution in [0.3, 0.4) is 0 Å². The topological polar surface area (TPSA) is 23.0 Å². The second-order valence-electron chi connectivity index (χ2n) is 14.9. The molecule has 0 saturated carbocycles. The molecule has 0 unspecified atom stereocenters. The quantitative estimate of drug-likeness (QED) is 0.175. The number of aromatic nitrogens is 2. The van der Waals surface area contributed by atoms with E-state index in [-0.39, 0.29) is 29.7 Å². The van der Waals surface area contributed by atoms with Crippen molar-refractivity contribution in [3.8, 4) is 33.6 Å². The molecule has 0 fully saturated rings. The van der Waals surface area contributed by atoms with Gasteiger partial charge in [-0.2, -0.15) is 0 Å². The first kappa shape index (κ1) is 27.2. The van der Waals surface area contributed by atoms with Crippen molar-refractivity contribution < 1.29 is 11.3 Å². The zero-order chi connectivity index (χ0) is 42.2. The van der Waals surface area contributed by atoms with Crippen molar-refractivity contribution in [3.05, 3.63) is 194 Å². The van der Waals surface area contributed by atoms with E-state index in [1.165, 1.54) is 47.7 Å². The van der Waals surface area contributed by atoms with Crippen molar-refractivity contribution in [2.24, 2.45) is 0 Å². The third-order valence-electron chi connectivity index (χ3n) is 11.8. The van der Waals surface area contributed by atoms with Crippen molar-refractivity contribution in [1.82, 2.24) is 9.13 Å². The third-order valence-corrected chi connectivity index (χ3v) is 13.0. The molecule has 0 aliphatic rings. The number of benzene rings is 9. The maximum absolute atomic E-state index is 8.70. The average Bonchev–Trinajstić information content (AvgIpc) is 4.07. The summed E-state index contributed by atoms with van der Waals surface area (Å²) in [6, 6.07) is 56.0. The molecule has 0 amide bonds. The Morgan fingerprint density at radius 3 is 1.84 bits per heavy atom. The third kappa shape index (κ3) is 4.49. The molecule has 0 saturated heterocycles. The highest BCUT2D eigenvalue weighted by Crippen LogP contribution is 2.43. The molecule has 4 heteroatoms. The summed E-state index contributed by atoms with van der Waals surface area (Å²) in [6.45, 7) is 0. The number of para-hydroxylation sites is 2. The summed E-state index contributed by atoms with van der Waals surface area (Å²) in [5, 5.41) is 8.77. The Morgan fingerprint density at radius 2 is 1.07 bits per heavy atom. The molecule has 4 heterocycles. The molecule has 58 heavy (non-hydrogen) atoms. The van der Waals surface area contributed by atoms with Crippen LogP contribution < -0.4 is 0 Å². The number of thiophene rings is 1. The second-order valence-corrected chi connectivity index (χ2v) is 15.9. The van der Waals surface area contributed by atoms with Gasteiger partial charge in [0, 0.05) is 59.5 Å². The van der Waals surface area contributed by atoms with Gasteiger partial charge in [-0.05, 0) is 89.0 Å². The predicted octanol–water partition coefficient (Wildman–Crippen LogP) is 15.5. The van der Waals surface area contributed by atoms with Crippen molar-refractivity contribution >= 4 is 97.1 Å². The van der Waals surface area contributed by atoms with Gasteiger partial charge in [0.15, 0.2) is 0 Å². The Morgan fingerprint density at radius 1 is 0.431 bits per heavy atom. The molecule has 0 atom stereocenters. The van der Waals surface area contributed by atoms with E-state index in [1.54, 1.807) is 12.1 Å². The summed E-state index contributed by atoms with van der Waals surface area (Å²) in [4.78, 5) is 0. The molecular formula is C54H32N2OS. The summed E-state index contributed by atoms with van der Waals surface area (Å²) in [5.74, 6) is 0. The summed E-state index contributed by atoms with van der Waals surface area (Å²) >= 11 is 1.85. The van der Waals surface area contributed by atoms with Gasteiger partial charge in [-0.15, -0.1) is 11.3 Å². The van der Waals surface area contributed by atoms with Crippen LogP contribution in [0.25, 0.3) is 119 Å². The average molecular weight is 762 g/mol. The van der Waals surface area contributed by atoms with Gasteiger partial charge in [-0.1, -0.05) is 121 Å². The van der Waals surface area contributed by atoms with Crippen molar-refractivity contribution in [1.29, 1.82) is 0 Å². The SMILES string of the molecule is [2H]c1c([2H])c([2H])c(-c2cccc3oc4cc(-n5c6ccccc6c6cc(-c7ccc8c(c7)c7ccccc7n8-c7cccc8c7sc7ccccc78)ccc65)ccc4c23)c([2H])c1[2H]. The molecule has 3 nitrogen and oxygen atoms in total. The lowest BCUT2D eigenvalue weighted by Crippen LogP contribution is -1.94. The highest BCUT2D eigenvalue weighted by atomic mass is 32.1. The van der Waals surface area contributed by atoms with Crippen molar-refractivity contribution in [2.45, 2.75) is 0 Å². The van der Waals surface area contributed by atoms with Crippen molar-refractivity contribution in [3.63, 3.8) is 0 Å². The van der Waals surface area contributed by atoms with E-state index < -0.39 is 6.04 Å². The minimum absolute atomic E-state index is 0.159. The molecule has 270 valence electrons. The van der Waals surface area contributed by atoms with E-state index in [4.69, 9.17) is 11.3 Å². The second kappa shape index (κ2) is 12.1. The Kier molecular flexibility index (Phi) is 5.66. The highest BCUT2D eigenvalue weighted by molar-refractivity contribution is 7.26. The van der Waals surface area contributed by atoms with E-state index in [2.05, 4.69) is 143 Å². The summed E-state index contributed by atoms with van der Waals surface area (Å²) in [6.07, 6.45) is 0. The number of nitrogens with zero attached hydrogens (tertiary/aromatic N) is 2. The summed E-state index contributed by atoms with van der Waals surface area (Å²) in [5.41, 5.74) is 10.8. The molecule has 13 rings (SSSR count). The fraction of sp³-hybridized carbons (Fsp3) is 0. The molecule has 0 aliphatic heterocycles. The molecule has 4 aromatic heterocycles. The van der Waals surface area contributed by atoms with Gasteiger partial charge in [0.1, 0.15) is 11.2 Å². The molecule has 13 aromatic rings. The van der Waals surface area contributed by atoms with Crippen LogP contribution in [0, 0.1) is 0 Å². The van der Waals surface area contributed by atoms with Gasteiger partial charge in [0.2, 0.25) is 0 Å². The standard InChI is InChI=1S/C54H32N2OS/c1-2-12-33(13-3-1)37-17-11-22-50-53(37)42-27-26-36(32-51(42)57-50)55-45-19-7-4-14-38(45)43-30-34(24-28-47(43)55)35-25-29-48-44(31-35)39-15-5-8-20-46(39)56(48)49-21-10-18-41-40-16-6-9-23-52(40)58-54(41)49/h1-32H/i1D,2D,3D,12D,13D.